The van der Waals surface area contributed by atoms with Gasteiger partial charge in [0.25, 0.3) is 0 Å². The highest BCUT2D eigenvalue weighted by Gasteiger charge is 2.33. The molecule has 10 nitrogen and oxygen atoms in total. The summed E-state index contributed by atoms with van der Waals surface area (Å²) in [4.78, 5) is 40.1. The number of nitrogens with one attached hydrogen (secondary N) is 3. The largest absolute Gasteiger partial charge is 0.481 e. The summed E-state index contributed by atoms with van der Waals surface area (Å²) in [5, 5.41) is 47.6. The van der Waals surface area contributed by atoms with Crippen LogP contribution in [-0.4, -0.2) is 77.4 Å². The monoisotopic (exact) mass is 860 g/mol. The number of carboxylic acids is 3. The van der Waals surface area contributed by atoms with Crippen molar-refractivity contribution in [1.29, 1.82) is 0 Å². The van der Waals surface area contributed by atoms with Crippen molar-refractivity contribution in [3.05, 3.63) is 143 Å². The molecule has 0 aromatic heterocycles. The van der Waals surface area contributed by atoms with E-state index in [4.69, 9.17) is 0 Å². The van der Waals surface area contributed by atoms with Crippen LogP contribution in [0.25, 0.3) is 32.3 Å². The normalized spacial score (nSPS) is 20.3. The summed E-state index contributed by atoms with van der Waals surface area (Å²) >= 11 is 0. The van der Waals surface area contributed by atoms with Gasteiger partial charge in [-0.15, -0.1) is 0 Å². The van der Waals surface area contributed by atoms with Crippen molar-refractivity contribution in [2.75, 3.05) is 39.3 Å². The van der Waals surface area contributed by atoms with Gasteiger partial charge in [0.05, 0.1) is 17.8 Å². The maximum Gasteiger partial charge on any atom is 0.307 e. The van der Waals surface area contributed by atoms with Gasteiger partial charge in [-0.3, -0.25) is 19.3 Å². The number of carbonyl (C=O) groups is 3. The molecule has 64 heavy (non-hydrogen) atoms. The molecule has 0 aliphatic carbocycles. The van der Waals surface area contributed by atoms with Gasteiger partial charge >= 0.3 is 17.9 Å². The van der Waals surface area contributed by atoms with Gasteiger partial charge in [0, 0.05) is 19.6 Å². The first-order valence-corrected chi connectivity index (χ1v) is 23.2. The fourth-order valence-corrected chi connectivity index (χ4v) is 11.0. The Morgan fingerprint density at radius 1 is 0.469 bits per heavy atom. The molecule has 0 bridgehead atoms. The van der Waals surface area contributed by atoms with Crippen LogP contribution >= 0.6 is 0 Å². The van der Waals surface area contributed by atoms with Crippen LogP contribution in [0.3, 0.4) is 0 Å². The fourth-order valence-electron chi connectivity index (χ4n) is 11.0. The summed E-state index contributed by atoms with van der Waals surface area (Å²) < 4.78 is 0. The molecule has 9 rings (SSSR count). The van der Waals surface area contributed by atoms with Gasteiger partial charge in [-0.1, -0.05) is 109 Å². The second kappa shape index (κ2) is 19.6. The van der Waals surface area contributed by atoms with Gasteiger partial charge in [0.1, 0.15) is 0 Å². The van der Waals surface area contributed by atoms with Crippen molar-refractivity contribution < 1.29 is 29.7 Å². The summed E-state index contributed by atoms with van der Waals surface area (Å²) in [6.45, 7) is 6.60. The van der Waals surface area contributed by atoms with E-state index in [1.165, 1.54) is 0 Å². The van der Waals surface area contributed by atoms with E-state index in [0.29, 0.717) is 38.9 Å². The lowest BCUT2D eigenvalue weighted by atomic mass is 9.85. The average Bonchev–Trinajstić information content (AvgIpc) is 4.13. The molecule has 3 aliphatic heterocycles. The molecule has 3 aliphatic rings. The Morgan fingerprint density at radius 3 is 1.05 bits per heavy atom. The SMILES string of the molecule is O=C(O)C(Cc1ccc2cccc(CN(Cc3cccc4ccc(CC(C(=O)O)C5CCNC5)cc34)Cc3cccc4ccc(CC(C(=O)O)C5CCNC5)cc34)c2c1)C1CCNC1. The lowest BCUT2D eigenvalue weighted by Gasteiger charge is -2.26. The molecule has 6 aromatic rings. The lowest BCUT2D eigenvalue weighted by Crippen LogP contribution is -2.27. The van der Waals surface area contributed by atoms with Crippen LogP contribution in [-0.2, 0) is 53.3 Å². The Labute approximate surface area is 375 Å². The molecule has 6 atom stereocenters. The van der Waals surface area contributed by atoms with Crippen LogP contribution < -0.4 is 16.0 Å². The summed E-state index contributed by atoms with van der Waals surface area (Å²) in [7, 11) is 0. The molecule has 6 unspecified atom stereocenters. The number of nitrogens with zero attached hydrogens (tertiary/aromatic N) is 1. The number of benzene rings is 6. The highest BCUT2D eigenvalue weighted by atomic mass is 16.4. The fraction of sp³-hybridized carbons (Fsp3) is 0.389. The van der Waals surface area contributed by atoms with Crippen LogP contribution in [0.1, 0.15) is 52.6 Å². The van der Waals surface area contributed by atoms with Crippen molar-refractivity contribution in [1.82, 2.24) is 20.9 Å². The van der Waals surface area contributed by atoms with Crippen molar-refractivity contribution in [3.8, 4) is 0 Å². The summed E-state index contributed by atoms with van der Waals surface area (Å²) in [5.74, 6) is -3.28. The maximum absolute atomic E-state index is 12.5. The predicted octanol–water partition coefficient (Wildman–Crippen LogP) is 7.91. The number of hydrogen-bond donors (Lipinski definition) is 6. The van der Waals surface area contributed by atoms with Crippen molar-refractivity contribution in [2.45, 2.75) is 58.2 Å². The zero-order valence-corrected chi connectivity index (χ0v) is 36.5. The number of aliphatic carboxylic acids is 3. The van der Waals surface area contributed by atoms with Gasteiger partial charge in [0.2, 0.25) is 0 Å². The van der Waals surface area contributed by atoms with Crippen molar-refractivity contribution in [2.24, 2.45) is 35.5 Å². The minimum Gasteiger partial charge on any atom is -0.481 e. The van der Waals surface area contributed by atoms with Gasteiger partial charge in [-0.25, -0.2) is 0 Å². The molecule has 10 heteroatoms. The summed E-state index contributed by atoms with van der Waals surface area (Å²) in [6, 6.07) is 38.5. The molecule has 0 amide bonds. The maximum atomic E-state index is 12.5. The van der Waals surface area contributed by atoms with E-state index in [0.717, 1.165) is 124 Å². The Morgan fingerprint density at radius 2 is 0.781 bits per heavy atom. The zero-order valence-electron chi connectivity index (χ0n) is 36.5. The van der Waals surface area contributed by atoms with E-state index in [2.05, 4.69) is 130 Å². The molecule has 0 spiro atoms. The molecule has 6 N–H and O–H groups in total. The molecule has 332 valence electrons. The zero-order chi connectivity index (χ0) is 44.2. The van der Waals surface area contributed by atoms with Crippen molar-refractivity contribution in [3.63, 3.8) is 0 Å². The standard InChI is InChI=1S/C54H60N4O6/c59-52(60)49(40-16-19-55-28-40)25-34-10-13-37-4-1-7-43(46(37)22-34)31-58(32-44-8-2-5-38-14-11-35(23-47(38)44)26-50(53(61)62)41-17-20-56-29-41)33-45-9-3-6-39-15-12-36(24-48(39)45)27-51(54(63)64)42-18-21-57-30-42/h1-15,22-24,40-42,49-51,55-57H,16-21,25-33H2,(H,59,60)(H,61,62)(H,63,64). The van der Waals surface area contributed by atoms with E-state index in [9.17, 15) is 29.7 Å². The highest BCUT2D eigenvalue weighted by molar-refractivity contribution is 5.89. The van der Waals surface area contributed by atoms with Gasteiger partial charge in [-0.2, -0.15) is 0 Å². The first-order chi connectivity index (χ1) is 31.2. The third-order valence-corrected chi connectivity index (χ3v) is 14.6. The smallest absolute Gasteiger partial charge is 0.307 e. The first-order valence-electron chi connectivity index (χ1n) is 23.2. The summed E-state index contributed by atoms with van der Waals surface area (Å²) in [6.07, 6.45) is 4.04. The van der Waals surface area contributed by atoms with E-state index in [1.807, 2.05) is 0 Å². The molecule has 0 radical (unpaired) electrons. The minimum atomic E-state index is -0.743. The van der Waals surface area contributed by atoms with E-state index in [1.54, 1.807) is 0 Å². The Kier molecular flexibility index (Phi) is 13.4. The Bertz CT molecular complexity index is 2360. The minimum absolute atomic E-state index is 0.103. The van der Waals surface area contributed by atoms with Crippen LogP contribution in [0.15, 0.2) is 109 Å². The summed E-state index contributed by atoms with van der Waals surface area (Å²) in [5.41, 5.74) is 6.53. The quantitative estimate of drug-likeness (QED) is 0.0504. The van der Waals surface area contributed by atoms with Crippen LogP contribution in [0.5, 0.6) is 0 Å². The molecule has 3 fully saturated rings. The third-order valence-electron chi connectivity index (χ3n) is 14.6. The van der Waals surface area contributed by atoms with E-state index >= 15 is 0 Å². The number of hydrogen-bond acceptors (Lipinski definition) is 7. The molecule has 0 saturated carbocycles. The van der Waals surface area contributed by atoms with Gasteiger partial charge in [0.15, 0.2) is 0 Å². The average molecular weight is 861 g/mol. The van der Waals surface area contributed by atoms with Crippen molar-refractivity contribution >= 4 is 50.2 Å². The van der Waals surface area contributed by atoms with E-state index in [-0.39, 0.29) is 17.8 Å². The van der Waals surface area contributed by atoms with Gasteiger partial charge in [-0.05, 0) is 161 Å². The first kappa shape index (κ1) is 43.6. The molecular formula is C54H60N4O6. The van der Waals surface area contributed by atoms with Crippen LogP contribution in [0.2, 0.25) is 0 Å². The second-order valence-corrected chi connectivity index (χ2v) is 18.8. The molecule has 3 saturated heterocycles. The molecule has 6 aromatic carbocycles. The lowest BCUT2D eigenvalue weighted by molar-refractivity contribution is -0.144. The number of rotatable bonds is 18. The molecular weight excluding hydrogens is 801 g/mol. The highest BCUT2D eigenvalue weighted by Crippen LogP contribution is 2.33. The predicted molar refractivity (Wildman–Crippen MR) is 252 cm³/mol. The van der Waals surface area contributed by atoms with Gasteiger partial charge < -0.3 is 31.3 Å². The van der Waals surface area contributed by atoms with E-state index < -0.39 is 35.7 Å². The Hall–Kier alpha value is -5.65. The molecule has 3 heterocycles. The second-order valence-electron chi connectivity index (χ2n) is 18.8. The number of fused-ring (bicyclic) bond motifs is 3. The Balaban J connectivity index is 1.08. The van der Waals surface area contributed by atoms with Crippen LogP contribution in [0.4, 0.5) is 0 Å². The topological polar surface area (TPSA) is 151 Å². The number of carboxylic acid groups (broad SMARTS) is 3. The third kappa shape index (κ3) is 9.86. The van der Waals surface area contributed by atoms with Crippen LogP contribution in [0, 0.1) is 35.5 Å².